The number of hydrogen-bond donors (Lipinski definition) is 5. The Morgan fingerprint density at radius 1 is 1.04 bits per heavy atom. The summed E-state index contributed by atoms with van der Waals surface area (Å²) in [6.45, 7) is 16.1. The highest BCUT2D eigenvalue weighted by Crippen LogP contribution is 2.42. The van der Waals surface area contributed by atoms with Crippen molar-refractivity contribution < 1.29 is 28.7 Å². The maximum absolute atomic E-state index is 14.1. The zero-order valence-corrected chi connectivity index (χ0v) is 31.9. The van der Waals surface area contributed by atoms with E-state index in [9.17, 15) is 24.0 Å². The van der Waals surface area contributed by atoms with Crippen molar-refractivity contribution in [1.29, 1.82) is 0 Å². The molecule has 1 saturated carbocycles. The van der Waals surface area contributed by atoms with Crippen LogP contribution < -0.4 is 26.6 Å². The highest BCUT2D eigenvalue weighted by atomic mass is 32.2. The molecule has 0 aromatic heterocycles. The molecule has 0 spiro atoms. The van der Waals surface area contributed by atoms with Crippen molar-refractivity contribution in [3.05, 3.63) is 60.7 Å². The van der Waals surface area contributed by atoms with Gasteiger partial charge in [0.15, 0.2) is 0 Å². The lowest BCUT2D eigenvalue weighted by molar-refractivity contribution is -0.139. The molecule has 6 amide bonds. The molecule has 0 radical (unpaired) electrons. The Morgan fingerprint density at radius 3 is 2.38 bits per heavy atom. The van der Waals surface area contributed by atoms with E-state index in [4.69, 9.17) is 4.74 Å². The lowest BCUT2D eigenvalue weighted by Gasteiger charge is -2.38. The molecule has 4 unspecified atom stereocenters. The molecule has 14 heteroatoms. The number of urea groups is 2. The average molecular weight is 750 g/mol. The molecule has 1 aromatic rings. The summed E-state index contributed by atoms with van der Waals surface area (Å²) >= 11 is 1.32. The summed E-state index contributed by atoms with van der Waals surface area (Å²) < 4.78 is 6.43. The number of fused-ring (bicyclic) bond motifs is 1. The number of hydrogen-bond acceptors (Lipinski definition) is 8. The van der Waals surface area contributed by atoms with Crippen LogP contribution in [-0.4, -0.2) is 113 Å². The van der Waals surface area contributed by atoms with Crippen LogP contribution in [0, 0.1) is 17.3 Å². The summed E-state index contributed by atoms with van der Waals surface area (Å²) in [5.74, 6) is -1.93. The van der Waals surface area contributed by atoms with Crippen LogP contribution in [0.1, 0.15) is 57.6 Å². The summed E-state index contributed by atoms with van der Waals surface area (Å²) in [5.41, 5.74) is 2.17. The van der Waals surface area contributed by atoms with E-state index in [2.05, 4.69) is 72.6 Å². The molecule has 53 heavy (non-hydrogen) atoms. The van der Waals surface area contributed by atoms with Gasteiger partial charge in [0.1, 0.15) is 17.7 Å². The fourth-order valence-electron chi connectivity index (χ4n) is 7.78. The molecule has 3 aliphatic heterocycles. The summed E-state index contributed by atoms with van der Waals surface area (Å²) in [6, 6.07) is 6.52. The third-order valence-electron chi connectivity index (χ3n) is 11.0. The average Bonchev–Trinajstić information content (AvgIpc) is 4.03. The molecule has 3 saturated heterocycles. The molecule has 2 aliphatic carbocycles. The molecule has 3 heterocycles. The second kappa shape index (κ2) is 16.6. The Morgan fingerprint density at radius 2 is 1.75 bits per heavy atom. The monoisotopic (exact) mass is 749 g/mol. The Balaban J connectivity index is 1.17. The van der Waals surface area contributed by atoms with Crippen LogP contribution in [0.2, 0.25) is 0 Å². The van der Waals surface area contributed by atoms with Crippen molar-refractivity contribution in [3.63, 3.8) is 0 Å². The number of nitrogens with one attached hydrogen (secondary N) is 5. The van der Waals surface area contributed by atoms with Gasteiger partial charge < -0.3 is 36.2 Å². The number of ketones is 1. The van der Waals surface area contributed by atoms with E-state index in [1.807, 2.05) is 17.0 Å². The van der Waals surface area contributed by atoms with Crippen molar-refractivity contribution in [2.75, 3.05) is 32.7 Å². The Labute approximate surface area is 316 Å². The molecule has 4 fully saturated rings. The first kappa shape index (κ1) is 38.8. The summed E-state index contributed by atoms with van der Waals surface area (Å²) in [7, 11) is 0. The molecular formula is C39H55N7O6S. The predicted molar refractivity (Wildman–Crippen MR) is 204 cm³/mol. The first-order valence-corrected chi connectivity index (χ1v) is 19.9. The number of likely N-dealkylation sites (tertiary alicyclic amines) is 1. The van der Waals surface area contributed by atoms with Gasteiger partial charge in [-0.1, -0.05) is 57.2 Å². The zero-order valence-electron chi connectivity index (χ0n) is 31.1. The van der Waals surface area contributed by atoms with E-state index in [1.54, 1.807) is 11.0 Å². The van der Waals surface area contributed by atoms with Gasteiger partial charge in [-0.2, -0.15) is 0 Å². The Bertz CT molecular complexity index is 1550. The number of carbonyl (C=O) groups is 5. The van der Waals surface area contributed by atoms with Gasteiger partial charge in [0.05, 0.1) is 18.1 Å². The number of benzene rings is 1. The number of amides is 6. The number of epoxide rings is 1. The van der Waals surface area contributed by atoms with Crippen LogP contribution in [0.15, 0.2) is 49.6 Å². The standard InChI is InChI=1S/C39H55N7O6S/c1-6-16-40-34(49)31(47)35(53-27-13-14-27)44-33(48)30-23(7-2)15-19-46(30)36-32(52-36)29(26-20-24-11-8-9-12-25(24)21-26)43-37(50)42-28(39(3,4)5)22-45-18-10-17-41-38(45)51/h6-9,11-12,23,26-30,32,35-36H,1-2,10,13-22H2,3-5H3,(H,40,49)(H,41,51)(H,44,48)(H2,42,43,50)/t23?,28-,29+,30+,32?,35?,36?/m1/s1. The number of rotatable bonds is 16. The molecular weight excluding hydrogens is 695 g/mol. The smallest absolute Gasteiger partial charge is 0.317 e. The number of thioether (sulfide) groups is 1. The molecule has 5 N–H and O–H groups in total. The highest BCUT2D eigenvalue weighted by Gasteiger charge is 2.57. The first-order valence-electron chi connectivity index (χ1n) is 19.0. The second-order valence-electron chi connectivity index (χ2n) is 16.0. The first-order chi connectivity index (χ1) is 25.4. The second-order valence-corrected chi connectivity index (χ2v) is 17.4. The topological polar surface area (TPSA) is 165 Å². The van der Waals surface area contributed by atoms with Gasteiger partial charge in [-0.15, -0.1) is 24.9 Å². The van der Waals surface area contributed by atoms with Gasteiger partial charge in [-0.3, -0.25) is 19.3 Å². The number of carbonyl (C=O) groups excluding carboxylic acids is 5. The lowest BCUT2D eigenvalue weighted by atomic mass is 9.86. The van der Waals surface area contributed by atoms with Crippen LogP contribution in [-0.2, 0) is 32.0 Å². The fraction of sp³-hybridized carbons (Fsp3) is 0.615. The third-order valence-corrected chi connectivity index (χ3v) is 12.5. The maximum atomic E-state index is 14.1. The molecule has 6 rings (SSSR count). The van der Waals surface area contributed by atoms with E-state index in [0.29, 0.717) is 32.6 Å². The normalized spacial score (nSPS) is 26.0. The van der Waals surface area contributed by atoms with Crippen LogP contribution in [0.5, 0.6) is 0 Å². The SMILES string of the molecule is C=CCNC(=O)C(=O)C(NC(=O)[C@@H]1C(C=C)CCN1C1OC1[C@@H](NC(=O)N[C@H](CN1CCCNC1=O)C(C)(C)C)C1Cc2ccccc2C1)SC1CC1. The quantitative estimate of drug-likeness (QED) is 0.0746. The van der Waals surface area contributed by atoms with E-state index in [-0.39, 0.29) is 65.2 Å². The van der Waals surface area contributed by atoms with Gasteiger partial charge in [-0.05, 0) is 61.0 Å². The van der Waals surface area contributed by atoms with Crippen LogP contribution >= 0.6 is 11.8 Å². The summed E-state index contributed by atoms with van der Waals surface area (Å²) in [4.78, 5) is 70.2. The van der Waals surface area contributed by atoms with Crippen molar-refractivity contribution in [3.8, 4) is 0 Å². The molecule has 13 nitrogen and oxygen atoms in total. The van der Waals surface area contributed by atoms with Gasteiger partial charge in [-0.25, -0.2) is 9.59 Å². The van der Waals surface area contributed by atoms with Crippen molar-refractivity contribution >= 4 is 41.4 Å². The number of ether oxygens (including phenoxy) is 1. The molecule has 288 valence electrons. The van der Waals surface area contributed by atoms with Crippen molar-refractivity contribution in [2.45, 2.75) is 100 Å². The summed E-state index contributed by atoms with van der Waals surface area (Å²) in [6.07, 6.45) is 7.38. The van der Waals surface area contributed by atoms with Gasteiger partial charge in [0, 0.05) is 43.9 Å². The molecule has 0 bridgehead atoms. The fourth-order valence-corrected chi connectivity index (χ4v) is 8.99. The van der Waals surface area contributed by atoms with Gasteiger partial charge >= 0.3 is 12.1 Å². The van der Waals surface area contributed by atoms with Crippen molar-refractivity contribution in [1.82, 2.24) is 36.4 Å². The predicted octanol–water partition coefficient (Wildman–Crippen LogP) is 2.71. The maximum Gasteiger partial charge on any atom is 0.317 e. The lowest BCUT2D eigenvalue weighted by Crippen LogP contribution is -2.59. The van der Waals surface area contributed by atoms with E-state index in [0.717, 1.165) is 32.1 Å². The minimum absolute atomic E-state index is 0.0604. The minimum Gasteiger partial charge on any atom is -0.351 e. The Kier molecular flexibility index (Phi) is 12.2. The zero-order chi connectivity index (χ0) is 37.9. The van der Waals surface area contributed by atoms with Crippen molar-refractivity contribution in [2.24, 2.45) is 17.3 Å². The third kappa shape index (κ3) is 9.44. The molecule has 1 aromatic carbocycles. The van der Waals surface area contributed by atoms with Crippen LogP contribution in [0.4, 0.5) is 9.59 Å². The molecule has 7 atom stereocenters. The van der Waals surface area contributed by atoms with Crippen LogP contribution in [0.25, 0.3) is 0 Å². The largest absolute Gasteiger partial charge is 0.351 e. The van der Waals surface area contributed by atoms with Gasteiger partial charge in [0.25, 0.3) is 11.7 Å². The number of Topliss-reactive ketones (excluding diaryl/α,β-unsaturated/α-hetero) is 1. The van der Waals surface area contributed by atoms with E-state index in [1.165, 1.54) is 29.0 Å². The van der Waals surface area contributed by atoms with E-state index >= 15 is 0 Å². The highest BCUT2D eigenvalue weighted by molar-refractivity contribution is 8.01. The molecule has 5 aliphatic rings. The van der Waals surface area contributed by atoms with Crippen LogP contribution in [0.3, 0.4) is 0 Å². The minimum atomic E-state index is -1.01. The number of nitrogens with zero attached hydrogens (tertiary/aromatic N) is 2. The summed E-state index contributed by atoms with van der Waals surface area (Å²) in [5, 5.41) is 14.0. The Hall–Kier alpha value is -3.88. The van der Waals surface area contributed by atoms with Gasteiger partial charge in [0.2, 0.25) is 5.91 Å². The van der Waals surface area contributed by atoms with E-state index < -0.39 is 29.3 Å².